The van der Waals surface area contributed by atoms with Gasteiger partial charge in [-0.1, -0.05) is 51.2 Å². The van der Waals surface area contributed by atoms with E-state index in [1.165, 1.54) is 23.1 Å². The summed E-state index contributed by atoms with van der Waals surface area (Å²) in [5.74, 6) is -0.722. The first-order chi connectivity index (χ1) is 12.0. The van der Waals surface area contributed by atoms with Crippen molar-refractivity contribution in [1.29, 1.82) is 0 Å². The molecule has 1 aromatic heterocycles. The zero-order valence-corrected chi connectivity index (χ0v) is 16.2. The molecule has 2 aromatic carbocycles. The highest BCUT2D eigenvalue weighted by molar-refractivity contribution is 9.10. The quantitative estimate of drug-likeness (QED) is 0.583. The number of aromatic nitrogens is 1. The molecule has 2 N–H and O–H groups in total. The van der Waals surface area contributed by atoms with Gasteiger partial charge in [0.1, 0.15) is 0 Å². The number of nitrogens with zero attached hydrogens (tertiary/aromatic N) is 1. The van der Waals surface area contributed by atoms with Crippen LogP contribution >= 0.6 is 39.0 Å². The number of amides is 2. The SMILES string of the molecule is CC1(C(=O)Nc2nc3ccc(Br)cc3s2)Sc2ccccc2NC1=O. The van der Waals surface area contributed by atoms with Crippen LogP contribution in [-0.2, 0) is 9.59 Å². The van der Waals surface area contributed by atoms with Gasteiger partial charge in [0.2, 0.25) is 5.91 Å². The van der Waals surface area contributed by atoms with Crippen molar-refractivity contribution in [2.24, 2.45) is 0 Å². The van der Waals surface area contributed by atoms with E-state index in [1.807, 2.05) is 42.5 Å². The number of carbonyl (C=O) groups excluding carboxylic acids is 2. The molecule has 0 saturated heterocycles. The van der Waals surface area contributed by atoms with Crippen molar-refractivity contribution in [3.05, 3.63) is 46.9 Å². The average Bonchev–Trinajstić information content (AvgIpc) is 2.97. The maximum Gasteiger partial charge on any atom is 0.252 e. The fraction of sp³-hybridized carbons (Fsp3) is 0.118. The lowest BCUT2D eigenvalue weighted by Gasteiger charge is -2.31. The summed E-state index contributed by atoms with van der Waals surface area (Å²) in [6.45, 7) is 1.63. The predicted molar refractivity (Wildman–Crippen MR) is 105 cm³/mol. The number of halogens is 1. The molecule has 1 atom stereocenters. The summed E-state index contributed by atoms with van der Waals surface area (Å²) in [6.07, 6.45) is 0. The van der Waals surface area contributed by atoms with Gasteiger partial charge >= 0.3 is 0 Å². The van der Waals surface area contributed by atoms with Gasteiger partial charge in [0.15, 0.2) is 9.88 Å². The Morgan fingerprint density at radius 3 is 2.92 bits per heavy atom. The lowest BCUT2D eigenvalue weighted by Crippen LogP contribution is -2.49. The number of hydrogen-bond acceptors (Lipinski definition) is 5. The lowest BCUT2D eigenvalue weighted by molar-refractivity contribution is -0.126. The average molecular weight is 434 g/mol. The van der Waals surface area contributed by atoms with Crippen LogP contribution < -0.4 is 10.6 Å². The molecule has 126 valence electrons. The van der Waals surface area contributed by atoms with Gasteiger partial charge in [-0.05, 0) is 37.3 Å². The minimum Gasteiger partial charge on any atom is -0.323 e. The number of hydrogen-bond donors (Lipinski definition) is 2. The van der Waals surface area contributed by atoms with Gasteiger partial charge in [-0.3, -0.25) is 9.59 Å². The van der Waals surface area contributed by atoms with Gasteiger partial charge in [-0.15, -0.1) is 0 Å². The Labute approximate surface area is 160 Å². The third-order valence-electron chi connectivity index (χ3n) is 3.89. The first kappa shape index (κ1) is 16.6. The second-order valence-corrected chi connectivity index (χ2v) is 9.08. The number of carbonyl (C=O) groups is 2. The van der Waals surface area contributed by atoms with Gasteiger partial charge in [0.05, 0.1) is 15.9 Å². The van der Waals surface area contributed by atoms with Gasteiger partial charge < -0.3 is 10.6 Å². The Hall–Kier alpha value is -1.90. The van der Waals surface area contributed by atoms with E-state index in [4.69, 9.17) is 0 Å². The molecule has 25 heavy (non-hydrogen) atoms. The molecule has 0 aliphatic carbocycles. The van der Waals surface area contributed by atoms with Crippen molar-refractivity contribution in [1.82, 2.24) is 4.98 Å². The standard InChI is InChI=1S/C17H12BrN3O2S2/c1-17(14(22)19-10-4-2-3-5-12(10)25-17)15(23)21-16-20-11-7-6-9(18)8-13(11)24-16/h2-8H,1H3,(H,19,22)(H,20,21,23). The summed E-state index contributed by atoms with van der Waals surface area (Å²) in [5, 5.41) is 6.08. The summed E-state index contributed by atoms with van der Waals surface area (Å²) in [4.78, 5) is 30.6. The number of rotatable bonds is 2. The summed E-state index contributed by atoms with van der Waals surface area (Å²) in [7, 11) is 0. The van der Waals surface area contributed by atoms with Crippen LogP contribution in [0, 0.1) is 0 Å². The summed E-state index contributed by atoms with van der Waals surface area (Å²) in [6, 6.07) is 13.2. The molecule has 4 rings (SSSR count). The molecule has 1 aliphatic heterocycles. The number of para-hydroxylation sites is 1. The Morgan fingerprint density at radius 2 is 2.08 bits per heavy atom. The van der Waals surface area contributed by atoms with E-state index in [2.05, 4.69) is 31.5 Å². The van der Waals surface area contributed by atoms with Gasteiger partial charge in [0.25, 0.3) is 5.91 Å². The molecule has 3 aromatic rings. The molecule has 8 heteroatoms. The van der Waals surface area contributed by atoms with Crippen LogP contribution in [0.15, 0.2) is 51.8 Å². The highest BCUT2D eigenvalue weighted by atomic mass is 79.9. The second-order valence-electron chi connectivity index (χ2n) is 5.67. The Bertz CT molecular complexity index is 1020. The Kier molecular flexibility index (Phi) is 4.05. The topological polar surface area (TPSA) is 71.1 Å². The maximum atomic E-state index is 12.8. The number of nitrogens with one attached hydrogen (secondary N) is 2. The predicted octanol–water partition coefficient (Wildman–Crippen LogP) is 4.50. The zero-order chi connectivity index (χ0) is 17.6. The first-order valence-corrected chi connectivity index (χ1v) is 9.85. The number of fused-ring (bicyclic) bond motifs is 2. The van der Waals surface area contributed by atoms with Crippen LogP contribution in [-0.4, -0.2) is 21.5 Å². The largest absolute Gasteiger partial charge is 0.323 e. The van der Waals surface area contributed by atoms with Crippen molar-refractivity contribution in [2.75, 3.05) is 10.6 Å². The van der Waals surface area contributed by atoms with Crippen molar-refractivity contribution >= 4 is 71.9 Å². The van der Waals surface area contributed by atoms with E-state index in [0.717, 1.165) is 25.3 Å². The molecule has 2 amide bonds. The van der Waals surface area contributed by atoms with Crippen LogP contribution in [0.5, 0.6) is 0 Å². The number of anilines is 2. The summed E-state index contributed by atoms with van der Waals surface area (Å²) >= 11 is 6.05. The van der Waals surface area contributed by atoms with Crippen molar-refractivity contribution in [3.63, 3.8) is 0 Å². The molecule has 1 aliphatic rings. The minimum absolute atomic E-state index is 0.336. The second kappa shape index (κ2) is 6.12. The van der Waals surface area contributed by atoms with Gasteiger partial charge in [-0.25, -0.2) is 4.98 Å². The lowest BCUT2D eigenvalue weighted by atomic mass is 10.1. The van der Waals surface area contributed by atoms with Crippen LogP contribution in [0.4, 0.5) is 10.8 Å². The third-order valence-corrected chi connectivity index (χ3v) is 6.67. The van der Waals surface area contributed by atoms with Crippen LogP contribution in [0.25, 0.3) is 10.2 Å². The smallest absolute Gasteiger partial charge is 0.252 e. The first-order valence-electron chi connectivity index (χ1n) is 7.43. The fourth-order valence-electron chi connectivity index (χ4n) is 2.48. The van der Waals surface area contributed by atoms with E-state index in [0.29, 0.717) is 5.13 Å². The van der Waals surface area contributed by atoms with Crippen LogP contribution in [0.1, 0.15) is 6.92 Å². The van der Waals surface area contributed by atoms with Crippen LogP contribution in [0.2, 0.25) is 0 Å². The van der Waals surface area contributed by atoms with Crippen molar-refractivity contribution < 1.29 is 9.59 Å². The fourth-order valence-corrected chi connectivity index (χ4v) is 5.00. The summed E-state index contributed by atoms with van der Waals surface area (Å²) < 4.78 is 0.653. The van der Waals surface area contributed by atoms with E-state index in [9.17, 15) is 9.59 Å². The van der Waals surface area contributed by atoms with Crippen LogP contribution in [0.3, 0.4) is 0 Å². The van der Waals surface area contributed by atoms with E-state index in [-0.39, 0.29) is 11.8 Å². The Morgan fingerprint density at radius 1 is 1.28 bits per heavy atom. The van der Waals surface area contributed by atoms with Crippen molar-refractivity contribution in [3.8, 4) is 0 Å². The van der Waals surface area contributed by atoms with Gasteiger partial charge in [0, 0.05) is 9.37 Å². The zero-order valence-electron chi connectivity index (χ0n) is 13.0. The number of thiazole rings is 1. The van der Waals surface area contributed by atoms with Crippen molar-refractivity contribution in [2.45, 2.75) is 16.6 Å². The number of thioether (sulfide) groups is 1. The minimum atomic E-state index is -1.26. The highest BCUT2D eigenvalue weighted by Crippen LogP contribution is 2.43. The summed E-state index contributed by atoms with van der Waals surface area (Å²) in [5.41, 5.74) is 1.53. The third kappa shape index (κ3) is 2.94. The van der Waals surface area contributed by atoms with E-state index in [1.54, 1.807) is 6.92 Å². The molecule has 0 bridgehead atoms. The molecular weight excluding hydrogens is 422 g/mol. The molecule has 0 fully saturated rings. The molecule has 0 spiro atoms. The maximum absolute atomic E-state index is 12.8. The molecule has 0 saturated carbocycles. The molecular formula is C17H12BrN3O2S2. The highest BCUT2D eigenvalue weighted by Gasteiger charge is 2.46. The van der Waals surface area contributed by atoms with E-state index >= 15 is 0 Å². The van der Waals surface area contributed by atoms with Gasteiger partial charge in [-0.2, -0.15) is 0 Å². The Balaban J connectivity index is 1.62. The normalized spacial score (nSPS) is 19.4. The molecule has 1 unspecified atom stereocenters. The monoisotopic (exact) mass is 433 g/mol. The molecule has 2 heterocycles. The molecule has 0 radical (unpaired) electrons. The van der Waals surface area contributed by atoms with E-state index < -0.39 is 4.75 Å². The number of benzene rings is 2. The molecule has 5 nitrogen and oxygen atoms in total.